The lowest BCUT2D eigenvalue weighted by atomic mass is 10.0. The van der Waals surface area contributed by atoms with Crippen molar-refractivity contribution >= 4 is 12.6 Å². The Bertz CT molecular complexity index is 213. The van der Waals surface area contributed by atoms with E-state index in [4.69, 9.17) is 4.74 Å². The standard InChI is InChI=1S/C13H24OS/c1-6-8-12(9-7-10-15)11(2)14-13(3,4)5/h6,8,12,15H,2,7,9-10H2,1,3-5H3. The molecule has 0 N–H and O–H groups in total. The Labute approximate surface area is 100 Å². The van der Waals surface area contributed by atoms with Gasteiger partial charge in [0, 0.05) is 5.92 Å². The zero-order valence-corrected chi connectivity index (χ0v) is 11.3. The molecule has 0 aromatic heterocycles. The topological polar surface area (TPSA) is 9.23 Å². The maximum atomic E-state index is 5.78. The van der Waals surface area contributed by atoms with E-state index in [1.807, 2.05) is 27.7 Å². The molecule has 1 nitrogen and oxygen atoms in total. The quantitative estimate of drug-likeness (QED) is 0.407. The molecule has 2 heteroatoms. The molecule has 0 aliphatic rings. The van der Waals surface area contributed by atoms with E-state index in [0.717, 1.165) is 24.4 Å². The second kappa shape index (κ2) is 7.00. The lowest BCUT2D eigenvalue weighted by Crippen LogP contribution is -2.21. The van der Waals surface area contributed by atoms with Gasteiger partial charge in [-0.25, -0.2) is 0 Å². The van der Waals surface area contributed by atoms with Crippen LogP contribution in [-0.4, -0.2) is 11.4 Å². The zero-order chi connectivity index (χ0) is 11.9. The largest absolute Gasteiger partial charge is 0.492 e. The third-order valence-corrected chi connectivity index (χ3v) is 2.27. The van der Waals surface area contributed by atoms with E-state index in [-0.39, 0.29) is 5.60 Å². The molecule has 0 radical (unpaired) electrons. The number of rotatable bonds is 6. The minimum Gasteiger partial charge on any atom is -0.492 e. The van der Waals surface area contributed by atoms with Gasteiger partial charge < -0.3 is 4.74 Å². The van der Waals surface area contributed by atoms with Crippen LogP contribution in [0.4, 0.5) is 0 Å². The van der Waals surface area contributed by atoms with Crippen molar-refractivity contribution in [1.82, 2.24) is 0 Å². The van der Waals surface area contributed by atoms with Crippen LogP contribution >= 0.6 is 12.6 Å². The van der Waals surface area contributed by atoms with Gasteiger partial charge in [0.1, 0.15) is 5.60 Å². The third kappa shape index (κ3) is 7.55. The van der Waals surface area contributed by atoms with Crippen molar-refractivity contribution in [2.45, 2.75) is 46.1 Å². The highest BCUT2D eigenvalue weighted by molar-refractivity contribution is 7.80. The van der Waals surface area contributed by atoms with Crippen molar-refractivity contribution in [3.63, 3.8) is 0 Å². The number of ether oxygens (including phenoxy) is 1. The van der Waals surface area contributed by atoms with E-state index in [9.17, 15) is 0 Å². The van der Waals surface area contributed by atoms with Gasteiger partial charge in [-0.15, -0.1) is 0 Å². The summed E-state index contributed by atoms with van der Waals surface area (Å²) in [5.74, 6) is 2.10. The van der Waals surface area contributed by atoms with Gasteiger partial charge in [-0.3, -0.25) is 0 Å². The monoisotopic (exact) mass is 228 g/mol. The number of hydrogen-bond donors (Lipinski definition) is 1. The summed E-state index contributed by atoms with van der Waals surface area (Å²) in [7, 11) is 0. The summed E-state index contributed by atoms with van der Waals surface area (Å²) in [5.41, 5.74) is -0.155. The van der Waals surface area contributed by atoms with E-state index >= 15 is 0 Å². The van der Waals surface area contributed by atoms with Gasteiger partial charge in [0.25, 0.3) is 0 Å². The molecule has 0 aromatic rings. The second-order valence-corrected chi connectivity index (χ2v) is 5.13. The highest BCUT2D eigenvalue weighted by Crippen LogP contribution is 2.23. The van der Waals surface area contributed by atoms with Gasteiger partial charge in [0.2, 0.25) is 0 Å². The summed E-state index contributed by atoms with van der Waals surface area (Å²) >= 11 is 4.22. The van der Waals surface area contributed by atoms with Crippen molar-refractivity contribution in [1.29, 1.82) is 0 Å². The Hall–Kier alpha value is -0.370. The molecule has 0 aromatic carbocycles. The molecular formula is C13H24OS. The van der Waals surface area contributed by atoms with Crippen LogP contribution in [0.2, 0.25) is 0 Å². The fourth-order valence-corrected chi connectivity index (χ4v) is 1.56. The van der Waals surface area contributed by atoms with E-state index in [0.29, 0.717) is 5.92 Å². The molecule has 15 heavy (non-hydrogen) atoms. The molecule has 0 saturated heterocycles. The lowest BCUT2D eigenvalue weighted by molar-refractivity contribution is 0.0390. The van der Waals surface area contributed by atoms with Crippen LogP contribution < -0.4 is 0 Å². The summed E-state index contributed by atoms with van der Waals surface area (Å²) in [5, 5.41) is 0. The van der Waals surface area contributed by atoms with E-state index in [1.54, 1.807) is 0 Å². The molecule has 0 bridgehead atoms. The molecule has 88 valence electrons. The average Bonchev–Trinajstić information content (AvgIpc) is 2.09. The zero-order valence-electron chi connectivity index (χ0n) is 10.4. The Morgan fingerprint density at radius 1 is 1.47 bits per heavy atom. The molecule has 0 rings (SSSR count). The molecule has 1 atom stereocenters. The normalized spacial score (nSPS) is 14.2. The fraction of sp³-hybridized carbons (Fsp3) is 0.692. The summed E-state index contributed by atoms with van der Waals surface area (Å²) in [4.78, 5) is 0. The summed E-state index contributed by atoms with van der Waals surface area (Å²) in [6.07, 6.45) is 6.35. The van der Waals surface area contributed by atoms with Gasteiger partial charge in [0.05, 0.1) is 5.76 Å². The molecule has 1 unspecified atom stereocenters. The van der Waals surface area contributed by atoms with Crippen LogP contribution in [0.25, 0.3) is 0 Å². The smallest absolute Gasteiger partial charge is 0.100 e. The molecular weight excluding hydrogens is 204 g/mol. The van der Waals surface area contributed by atoms with Crippen molar-refractivity contribution in [3.8, 4) is 0 Å². The van der Waals surface area contributed by atoms with Crippen LogP contribution in [0.3, 0.4) is 0 Å². The predicted molar refractivity (Wildman–Crippen MR) is 71.4 cm³/mol. The maximum Gasteiger partial charge on any atom is 0.100 e. The van der Waals surface area contributed by atoms with E-state index < -0.39 is 0 Å². The van der Waals surface area contributed by atoms with Gasteiger partial charge in [-0.1, -0.05) is 18.7 Å². The van der Waals surface area contributed by atoms with Gasteiger partial charge in [0.15, 0.2) is 0 Å². The minimum absolute atomic E-state index is 0.155. The summed E-state index contributed by atoms with van der Waals surface area (Å²) < 4.78 is 5.78. The van der Waals surface area contributed by atoms with Gasteiger partial charge in [-0.05, 0) is 46.3 Å². The fourth-order valence-electron chi connectivity index (χ4n) is 1.38. The molecule has 0 heterocycles. The molecule has 0 fully saturated rings. The van der Waals surface area contributed by atoms with E-state index in [1.165, 1.54) is 0 Å². The Morgan fingerprint density at radius 3 is 2.47 bits per heavy atom. The summed E-state index contributed by atoms with van der Waals surface area (Å²) in [6, 6.07) is 0. The lowest BCUT2D eigenvalue weighted by Gasteiger charge is -2.26. The second-order valence-electron chi connectivity index (χ2n) is 4.68. The van der Waals surface area contributed by atoms with Crippen LogP contribution in [0.15, 0.2) is 24.5 Å². The van der Waals surface area contributed by atoms with Gasteiger partial charge >= 0.3 is 0 Å². The molecule has 0 aliphatic carbocycles. The number of thiol groups is 1. The Kier molecular flexibility index (Phi) is 6.82. The first-order valence-corrected chi connectivity index (χ1v) is 6.15. The van der Waals surface area contributed by atoms with Crippen molar-refractivity contribution in [2.75, 3.05) is 5.75 Å². The van der Waals surface area contributed by atoms with Crippen molar-refractivity contribution in [2.24, 2.45) is 5.92 Å². The van der Waals surface area contributed by atoms with Crippen LogP contribution in [0.5, 0.6) is 0 Å². The summed E-state index contributed by atoms with van der Waals surface area (Å²) in [6.45, 7) is 12.2. The predicted octanol–water partition coefficient (Wildman–Crippen LogP) is 4.22. The maximum absolute atomic E-state index is 5.78. The first-order chi connectivity index (χ1) is 6.90. The number of hydrogen-bond acceptors (Lipinski definition) is 2. The van der Waals surface area contributed by atoms with Crippen molar-refractivity contribution in [3.05, 3.63) is 24.5 Å². The van der Waals surface area contributed by atoms with Crippen LogP contribution in [-0.2, 0) is 4.74 Å². The SMILES string of the molecule is C=C(OC(C)(C)C)C(C=CC)CCCS. The van der Waals surface area contributed by atoms with Gasteiger partial charge in [-0.2, -0.15) is 12.6 Å². The van der Waals surface area contributed by atoms with Crippen LogP contribution in [0, 0.1) is 5.92 Å². The molecule has 0 saturated carbocycles. The number of allylic oxidation sites excluding steroid dienone is 2. The minimum atomic E-state index is -0.155. The highest BCUT2D eigenvalue weighted by atomic mass is 32.1. The average molecular weight is 228 g/mol. The van der Waals surface area contributed by atoms with E-state index in [2.05, 4.69) is 31.4 Å². The van der Waals surface area contributed by atoms with Crippen LogP contribution in [0.1, 0.15) is 40.5 Å². The molecule has 0 amide bonds. The Morgan fingerprint density at radius 2 is 2.07 bits per heavy atom. The molecule has 0 aliphatic heterocycles. The first-order valence-electron chi connectivity index (χ1n) is 5.52. The first kappa shape index (κ1) is 14.6. The highest BCUT2D eigenvalue weighted by Gasteiger charge is 2.17. The molecule has 0 spiro atoms. The Balaban J connectivity index is 4.29. The van der Waals surface area contributed by atoms with Crippen molar-refractivity contribution < 1.29 is 4.74 Å². The third-order valence-electron chi connectivity index (χ3n) is 1.95.